The van der Waals surface area contributed by atoms with Crippen molar-refractivity contribution in [2.24, 2.45) is 0 Å². The lowest BCUT2D eigenvalue weighted by atomic mass is 10.0. The Balaban J connectivity index is 1.29. The quantitative estimate of drug-likeness (QED) is 0.183. The number of benzene rings is 8. The molecule has 4 aromatic heterocycles. The third kappa shape index (κ3) is 4.29. The molecule has 0 aliphatic rings. The molecule has 12 rings (SSSR count). The number of rotatable bonds is 4. The van der Waals surface area contributed by atoms with E-state index in [0.717, 1.165) is 93.9 Å². The van der Waals surface area contributed by atoms with Gasteiger partial charge in [-0.3, -0.25) is 0 Å². The van der Waals surface area contributed by atoms with Crippen LogP contribution in [0.2, 0.25) is 0 Å². The largest absolute Gasteiger partial charge is 0.455 e. The zero-order valence-electron chi connectivity index (χ0n) is 29.5. The third-order valence-electron chi connectivity index (χ3n) is 11.1. The van der Waals surface area contributed by atoms with Crippen LogP contribution >= 0.6 is 0 Å². The predicted octanol–water partition coefficient (Wildman–Crippen LogP) is 13.1. The molecule has 0 unspecified atom stereocenters. The van der Waals surface area contributed by atoms with Gasteiger partial charge in [-0.1, -0.05) is 133 Å². The summed E-state index contributed by atoms with van der Waals surface area (Å²) in [5.74, 6) is 0.706. The number of nitrogens with zero attached hydrogens (tertiary/aromatic N) is 4. The standard InChI is InChI=1S/C50H30N4O/c1-4-16-31(17-5-1)46-38-30-34(28-29-39(38)51-50(52-46)32-18-6-2-7-19-32)54-41-26-14-11-23-36(41)45-48(54)47-43(44-37-24-12-15-27-42(37)55-49(44)45)35-22-10-13-25-40(35)53(47)33-20-8-3-9-21-33/h1-30H. The first-order valence-corrected chi connectivity index (χ1v) is 18.6. The summed E-state index contributed by atoms with van der Waals surface area (Å²) >= 11 is 0. The van der Waals surface area contributed by atoms with Crippen molar-refractivity contribution >= 4 is 76.5 Å². The first-order valence-electron chi connectivity index (χ1n) is 18.6. The molecular weight excluding hydrogens is 673 g/mol. The van der Waals surface area contributed by atoms with Crippen LogP contribution in [0.1, 0.15) is 0 Å². The summed E-state index contributed by atoms with van der Waals surface area (Å²) < 4.78 is 11.8. The smallest absolute Gasteiger partial charge is 0.160 e. The Kier molecular flexibility index (Phi) is 6.27. The Bertz CT molecular complexity index is 3470. The van der Waals surface area contributed by atoms with Gasteiger partial charge in [0, 0.05) is 54.8 Å². The van der Waals surface area contributed by atoms with Crippen LogP contribution in [0, 0.1) is 0 Å². The summed E-state index contributed by atoms with van der Waals surface area (Å²) in [4.78, 5) is 10.4. The zero-order chi connectivity index (χ0) is 36.0. The van der Waals surface area contributed by atoms with Crippen LogP contribution in [-0.4, -0.2) is 19.1 Å². The van der Waals surface area contributed by atoms with E-state index in [2.05, 4.69) is 167 Å². The van der Waals surface area contributed by atoms with Gasteiger partial charge in [0.1, 0.15) is 11.2 Å². The molecule has 0 aliphatic heterocycles. The maximum absolute atomic E-state index is 6.95. The van der Waals surface area contributed by atoms with E-state index >= 15 is 0 Å². The van der Waals surface area contributed by atoms with E-state index in [1.807, 2.05) is 24.3 Å². The first kappa shape index (κ1) is 30.0. The second-order valence-electron chi connectivity index (χ2n) is 14.1. The van der Waals surface area contributed by atoms with Crippen molar-refractivity contribution in [3.05, 3.63) is 182 Å². The van der Waals surface area contributed by atoms with Gasteiger partial charge in [-0.15, -0.1) is 0 Å². The molecule has 0 spiro atoms. The lowest BCUT2D eigenvalue weighted by molar-refractivity contribution is 0.673. The minimum absolute atomic E-state index is 0.706. The van der Waals surface area contributed by atoms with Crippen molar-refractivity contribution in [2.75, 3.05) is 0 Å². The molecule has 12 aromatic rings. The van der Waals surface area contributed by atoms with Gasteiger partial charge in [-0.25, -0.2) is 9.97 Å². The van der Waals surface area contributed by atoms with Crippen LogP contribution in [-0.2, 0) is 0 Å². The minimum atomic E-state index is 0.706. The molecule has 0 N–H and O–H groups in total. The molecule has 55 heavy (non-hydrogen) atoms. The topological polar surface area (TPSA) is 48.8 Å². The maximum atomic E-state index is 6.95. The van der Waals surface area contributed by atoms with Gasteiger partial charge < -0.3 is 13.6 Å². The molecule has 5 heteroatoms. The molecule has 4 heterocycles. The van der Waals surface area contributed by atoms with Crippen LogP contribution < -0.4 is 0 Å². The summed E-state index contributed by atoms with van der Waals surface area (Å²) in [6.07, 6.45) is 0. The predicted molar refractivity (Wildman–Crippen MR) is 226 cm³/mol. The molecule has 256 valence electrons. The molecule has 0 atom stereocenters. The molecule has 0 radical (unpaired) electrons. The summed E-state index contributed by atoms with van der Waals surface area (Å²) in [6, 6.07) is 63.9. The number of fused-ring (bicyclic) bond motifs is 13. The van der Waals surface area contributed by atoms with Crippen molar-refractivity contribution in [1.82, 2.24) is 19.1 Å². The van der Waals surface area contributed by atoms with Crippen LogP contribution in [0.25, 0.3) is 110 Å². The van der Waals surface area contributed by atoms with Crippen molar-refractivity contribution < 1.29 is 4.42 Å². The lowest BCUT2D eigenvalue weighted by Crippen LogP contribution is -2.00. The van der Waals surface area contributed by atoms with Gasteiger partial charge in [0.15, 0.2) is 5.82 Å². The number of para-hydroxylation sites is 4. The Morgan fingerprint density at radius 2 is 0.964 bits per heavy atom. The molecule has 0 saturated heterocycles. The van der Waals surface area contributed by atoms with Gasteiger partial charge in [0.05, 0.1) is 38.7 Å². The summed E-state index contributed by atoms with van der Waals surface area (Å²) in [5.41, 5.74) is 12.2. The highest BCUT2D eigenvalue weighted by molar-refractivity contribution is 6.39. The molecule has 0 bridgehead atoms. The summed E-state index contributed by atoms with van der Waals surface area (Å²) in [7, 11) is 0. The Morgan fingerprint density at radius 1 is 0.400 bits per heavy atom. The monoisotopic (exact) mass is 702 g/mol. The van der Waals surface area contributed by atoms with Crippen LogP contribution in [0.4, 0.5) is 0 Å². The highest BCUT2D eigenvalue weighted by atomic mass is 16.3. The zero-order valence-corrected chi connectivity index (χ0v) is 29.5. The van der Waals surface area contributed by atoms with E-state index in [4.69, 9.17) is 14.4 Å². The number of aromatic nitrogens is 4. The van der Waals surface area contributed by atoms with Crippen LogP contribution in [0.5, 0.6) is 0 Å². The van der Waals surface area contributed by atoms with E-state index in [1.54, 1.807) is 0 Å². The van der Waals surface area contributed by atoms with Gasteiger partial charge in [-0.2, -0.15) is 0 Å². The van der Waals surface area contributed by atoms with Gasteiger partial charge in [0.2, 0.25) is 0 Å². The lowest BCUT2D eigenvalue weighted by Gasteiger charge is -2.15. The molecule has 8 aromatic carbocycles. The van der Waals surface area contributed by atoms with Crippen LogP contribution in [0.15, 0.2) is 186 Å². The highest BCUT2D eigenvalue weighted by Crippen LogP contribution is 2.49. The molecule has 0 saturated carbocycles. The Morgan fingerprint density at radius 3 is 1.69 bits per heavy atom. The van der Waals surface area contributed by atoms with Crippen LogP contribution in [0.3, 0.4) is 0 Å². The minimum Gasteiger partial charge on any atom is -0.455 e. The molecule has 0 amide bonds. The van der Waals surface area contributed by atoms with E-state index < -0.39 is 0 Å². The maximum Gasteiger partial charge on any atom is 0.160 e. The van der Waals surface area contributed by atoms with E-state index in [1.165, 1.54) is 10.8 Å². The van der Waals surface area contributed by atoms with Crippen molar-refractivity contribution in [3.8, 4) is 34.0 Å². The second-order valence-corrected chi connectivity index (χ2v) is 14.1. The van der Waals surface area contributed by atoms with Gasteiger partial charge >= 0.3 is 0 Å². The molecule has 0 aliphatic carbocycles. The first-order chi connectivity index (χ1) is 27.3. The SMILES string of the molecule is c1ccc(-c2nc(-c3ccccc3)c3cc(-n4c5ccccc5c5c6oc7ccccc7c6c6c7ccccc7n(-c7ccccc7)c6c54)ccc3n2)cc1. The van der Waals surface area contributed by atoms with Crippen molar-refractivity contribution in [2.45, 2.75) is 0 Å². The van der Waals surface area contributed by atoms with Gasteiger partial charge in [0.25, 0.3) is 0 Å². The Hall–Kier alpha value is -7.50. The normalized spacial score (nSPS) is 12.0. The molecule has 5 nitrogen and oxygen atoms in total. The highest BCUT2D eigenvalue weighted by Gasteiger charge is 2.28. The van der Waals surface area contributed by atoms with Crippen molar-refractivity contribution in [3.63, 3.8) is 0 Å². The third-order valence-corrected chi connectivity index (χ3v) is 11.1. The number of furan rings is 1. The average molecular weight is 703 g/mol. The fraction of sp³-hybridized carbons (Fsp3) is 0. The van der Waals surface area contributed by atoms with E-state index in [-0.39, 0.29) is 0 Å². The second kappa shape index (κ2) is 11.5. The number of hydrogen-bond donors (Lipinski definition) is 0. The van der Waals surface area contributed by atoms with Crippen molar-refractivity contribution in [1.29, 1.82) is 0 Å². The van der Waals surface area contributed by atoms with Gasteiger partial charge in [-0.05, 0) is 48.5 Å². The number of hydrogen-bond acceptors (Lipinski definition) is 3. The Labute approximate surface area is 315 Å². The fourth-order valence-electron chi connectivity index (χ4n) is 8.78. The average Bonchev–Trinajstić information content (AvgIpc) is 3.92. The van der Waals surface area contributed by atoms with E-state index in [9.17, 15) is 0 Å². The molecular formula is C50H30N4O. The fourth-order valence-corrected chi connectivity index (χ4v) is 8.78. The molecule has 0 fully saturated rings. The summed E-state index contributed by atoms with van der Waals surface area (Å²) in [6.45, 7) is 0. The van der Waals surface area contributed by atoms with E-state index in [0.29, 0.717) is 5.82 Å². The summed E-state index contributed by atoms with van der Waals surface area (Å²) in [5, 5.41) is 7.82.